The van der Waals surface area contributed by atoms with Crippen molar-refractivity contribution in [1.82, 2.24) is 9.97 Å². The molecule has 0 bridgehead atoms. The number of anilines is 4. The van der Waals surface area contributed by atoms with E-state index in [2.05, 4.69) is 20.6 Å². The van der Waals surface area contributed by atoms with Gasteiger partial charge in [0.05, 0.1) is 5.69 Å². The average Bonchev–Trinajstić information content (AvgIpc) is 2.71. The molecule has 0 fully saturated rings. The Bertz CT molecular complexity index is 1050. The van der Waals surface area contributed by atoms with E-state index in [0.29, 0.717) is 11.8 Å². The summed E-state index contributed by atoms with van der Waals surface area (Å²) < 4.78 is 6.02. The van der Waals surface area contributed by atoms with E-state index in [1.165, 1.54) is 0 Å². The Morgan fingerprint density at radius 1 is 0.714 bits per heavy atom. The minimum absolute atomic E-state index is 0.537. The summed E-state index contributed by atoms with van der Waals surface area (Å²) in [5.41, 5.74) is 2.62. The number of benzene rings is 3. The maximum Gasteiger partial charge on any atom is 0.229 e. The number of aromatic nitrogens is 2. The summed E-state index contributed by atoms with van der Waals surface area (Å²) >= 11 is 0. The smallest absolute Gasteiger partial charge is 0.229 e. The first-order valence-electron chi connectivity index (χ1n) is 9.03. The molecule has 5 heteroatoms. The van der Waals surface area contributed by atoms with Gasteiger partial charge < -0.3 is 15.4 Å². The normalized spacial score (nSPS) is 10.3. The van der Waals surface area contributed by atoms with Gasteiger partial charge in [0.2, 0.25) is 5.95 Å². The third kappa shape index (κ3) is 4.45. The number of ether oxygens (including phenoxy) is 1. The molecule has 3 aromatic carbocycles. The van der Waals surface area contributed by atoms with Crippen molar-refractivity contribution in [3.05, 3.63) is 96.7 Å². The second-order valence-electron chi connectivity index (χ2n) is 6.25. The van der Waals surface area contributed by atoms with Gasteiger partial charge >= 0.3 is 0 Å². The van der Waals surface area contributed by atoms with Gasteiger partial charge in [0, 0.05) is 17.4 Å². The molecule has 5 nitrogen and oxygen atoms in total. The fourth-order valence-electron chi connectivity index (χ4n) is 2.75. The molecule has 0 aliphatic carbocycles. The summed E-state index contributed by atoms with van der Waals surface area (Å²) in [6, 6.07) is 29.2. The van der Waals surface area contributed by atoms with E-state index in [1.54, 1.807) is 0 Å². The minimum Gasteiger partial charge on any atom is -0.455 e. The maximum absolute atomic E-state index is 6.02. The molecule has 0 radical (unpaired) electrons. The highest BCUT2D eigenvalue weighted by Crippen LogP contribution is 2.31. The average molecular weight is 368 g/mol. The van der Waals surface area contributed by atoms with Crippen molar-refractivity contribution < 1.29 is 4.74 Å². The van der Waals surface area contributed by atoms with E-state index in [1.807, 2.05) is 97.9 Å². The van der Waals surface area contributed by atoms with E-state index < -0.39 is 0 Å². The topological polar surface area (TPSA) is 59.1 Å². The Labute approximate surface area is 164 Å². The second kappa shape index (κ2) is 8.22. The first-order chi connectivity index (χ1) is 13.8. The van der Waals surface area contributed by atoms with Gasteiger partial charge in [-0.3, -0.25) is 0 Å². The summed E-state index contributed by atoms with van der Waals surface area (Å²) in [6.07, 6.45) is 0. The summed E-state index contributed by atoms with van der Waals surface area (Å²) in [4.78, 5) is 9.05. The van der Waals surface area contributed by atoms with Crippen LogP contribution in [0.1, 0.15) is 5.69 Å². The van der Waals surface area contributed by atoms with Crippen LogP contribution in [-0.4, -0.2) is 9.97 Å². The van der Waals surface area contributed by atoms with Crippen molar-refractivity contribution in [3.63, 3.8) is 0 Å². The van der Waals surface area contributed by atoms with Gasteiger partial charge in [0.15, 0.2) is 5.75 Å². The zero-order valence-electron chi connectivity index (χ0n) is 15.5. The lowest BCUT2D eigenvalue weighted by Crippen LogP contribution is -2.03. The molecular formula is C23H20N4O. The van der Waals surface area contributed by atoms with Crippen LogP contribution in [0.5, 0.6) is 11.5 Å². The van der Waals surface area contributed by atoms with Gasteiger partial charge in [-0.25, -0.2) is 4.98 Å². The van der Waals surface area contributed by atoms with Gasteiger partial charge in [-0.15, -0.1) is 0 Å². The number of hydrogen-bond acceptors (Lipinski definition) is 5. The summed E-state index contributed by atoms with van der Waals surface area (Å²) in [7, 11) is 0. The van der Waals surface area contributed by atoms with Crippen LogP contribution >= 0.6 is 0 Å². The molecule has 0 unspecified atom stereocenters. The molecule has 138 valence electrons. The zero-order chi connectivity index (χ0) is 19.2. The van der Waals surface area contributed by atoms with E-state index in [9.17, 15) is 0 Å². The number of para-hydroxylation sites is 4. The largest absolute Gasteiger partial charge is 0.455 e. The molecule has 0 spiro atoms. The number of nitrogens with one attached hydrogen (secondary N) is 2. The SMILES string of the molecule is Cc1cc(Nc2ccccc2Oc2ccccc2)nc(Nc2ccccc2)n1. The summed E-state index contributed by atoms with van der Waals surface area (Å²) in [5.74, 6) is 2.73. The standard InChI is InChI=1S/C23H20N4O/c1-17-16-22(27-23(24-17)25-18-10-4-2-5-11-18)26-20-14-8-9-15-21(20)28-19-12-6-3-7-13-19/h2-16H,1H3,(H2,24,25,26,27). The molecule has 1 aromatic heterocycles. The molecule has 0 aliphatic heterocycles. The minimum atomic E-state index is 0.537. The molecule has 0 atom stereocenters. The summed E-state index contributed by atoms with van der Waals surface area (Å²) in [6.45, 7) is 1.94. The highest BCUT2D eigenvalue weighted by atomic mass is 16.5. The molecule has 4 aromatic rings. The molecule has 0 amide bonds. The first-order valence-corrected chi connectivity index (χ1v) is 9.03. The van der Waals surface area contributed by atoms with Crippen molar-refractivity contribution >= 4 is 23.1 Å². The predicted octanol–water partition coefficient (Wildman–Crippen LogP) is 6.06. The number of rotatable bonds is 6. The Morgan fingerprint density at radius 2 is 1.39 bits per heavy atom. The summed E-state index contributed by atoms with van der Waals surface area (Å²) in [5, 5.41) is 6.58. The molecule has 4 rings (SSSR count). The molecule has 0 saturated carbocycles. The van der Waals surface area contributed by atoms with Gasteiger partial charge in [-0.05, 0) is 43.3 Å². The highest BCUT2D eigenvalue weighted by molar-refractivity contribution is 5.66. The van der Waals surface area contributed by atoms with Crippen molar-refractivity contribution in [2.24, 2.45) is 0 Å². The highest BCUT2D eigenvalue weighted by Gasteiger charge is 2.08. The predicted molar refractivity (Wildman–Crippen MR) is 113 cm³/mol. The van der Waals surface area contributed by atoms with Crippen LogP contribution < -0.4 is 15.4 Å². The molecular weight excluding hydrogens is 348 g/mol. The van der Waals surface area contributed by atoms with E-state index in [-0.39, 0.29) is 0 Å². The Hall–Kier alpha value is -3.86. The second-order valence-corrected chi connectivity index (χ2v) is 6.25. The molecule has 0 aliphatic rings. The Morgan fingerprint density at radius 3 is 2.18 bits per heavy atom. The monoisotopic (exact) mass is 368 g/mol. The van der Waals surface area contributed by atoms with Crippen LogP contribution in [0.15, 0.2) is 91.0 Å². The van der Waals surface area contributed by atoms with Crippen molar-refractivity contribution in [2.45, 2.75) is 6.92 Å². The van der Waals surface area contributed by atoms with Crippen molar-refractivity contribution in [1.29, 1.82) is 0 Å². The fourth-order valence-corrected chi connectivity index (χ4v) is 2.75. The number of nitrogens with zero attached hydrogens (tertiary/aromatic N) is 2. The number of aryl methyl sites for hydroxylation is 1. The van der Waals surface area contributed by atoms with Crippen LogP contribution in [0.25, 0.3) is 0 Å². The molecule has 1 heterocycles. The van der Waals surface area contributed by atoms with Crippen LogP contribution in [0.4, 0.5) is 23.1 Å². The van der Waals surface area contributed by atoms with Gasteiger partial charge in [-0.1, -0.05) is 48.5 Å². The zero-order valence-corrected chi connectivity index (χ0v) is 15.5. The fraction of sp³-hybridized carbons (Fsp3) is 0.0435. The first kappa shape index (κ1) is 17.5. The van der Waals surface area contributed by atoms with E-state index in [4.69, 9.17) is 4.74 Å². The number of hydrogen-bond donors (Lipinski definition) is 2. The lowest BCUT2D eigenvalue weighted by Gasteiger charge is -2.14. The molecule has 2 N–H and O–H groups in total. The van der Waals surface area contributed by atoms with Crippen LogP contribution in [0, 0.1) is 6.92 Å². The Balaban J connectivity index is 1.58. The van der Waals surface area contributed by atoms with E-state index >= 15 is 0 Å². The van der Waals surface area contributed by atoms with E-state index in [0.717, 1.165) is 28.6 Å². The molecule has 0 saturated heterocycles. The third-order valence-corrected chi connectivity index (χ3v) is 4.00. The van der Waals surface area contributed by atoms with Gasteiger partial charge in [0.25, 0.3) is 0 Å². The quantitative estimate of drug-likeness (QED) is 0.433. The van der Waals surface area contributed by atoms with Crippen molar-refractivity contribution in [2.75, 3.05) is 10.6 Å². The van der Waals surface area contributed by atoms with Crippen LogP contribution in [0.3, 0.4) is 0 Å². The lowest BCUT2D eigenvalue weighted by molar-refractivity contribution is 0.485. The lowest BCUT2D eigenvalue weighted by atomic mass is 10.2. The van der Waals surface area contributed by atoms with Gasteiger partial charge in [-0.2, -0.15) is 4.98 Å². The van der Waals surface area contributed by atoms with Crippen LogP contribution in [0.2, 0.25) is 0 Å². The molecule has 28 heavy (non-hydrogen) atoms. The Kier molecular flexibility index (Phi) is 5.15. The van der Waals surface area contributed by atoms with Crippen molar-refractivity contribution in [3.8, 4) is 11.5 Å². The maximum atomic E-state index is 6.02. The third-order valence-electron chi connectivity index (χ3n) is 4.00. The van der Waals surface area contributed by atoms with Gasteiger partial charge in [0.1, 0.15) is 11.6 Å². The van der Waals surface area contributed by atoms with Crippen LogP contribution in [-0.2, 0) is 0 Å².